The molecule has 4 fully saturated rings. The number of rotatable bonds is 3. The molecule has 0 heterocycles. The highest BCUT2D eigenvalue weighted by molar-refractivity contribution is 9.10. The Morgan fingerprint density at radius 3 is 2.24 bits per heavy atom. The van der Waals surface area contributed by atoms with Gasteiger partial charge in [0.2, 0.25) is 0 Å². The molecule has 0 spiro atoms. The normalized spacial score (nSPS) is 38.7. The molecule has 0 radical (unpaired) electrons. The molecule has 4 bridgehead atoms. The van der Waals surface area contributed by atoms with Gasteiger partial charge in [-0.1, -0.05) is 15.9 Å². The molecule has 4 aliphatic carbocycles. The first-order chi connectivity index (χ1) is 10.1. The van der Waals surface area contributed by atoms with Crippen LogP contribution < -0.4 is 5.32 Å². The van der Waals surface area contributed by atoms with Crippen LogP contribution in [0.5, 0.6) is 0 Å². The molecule has 0 aliphatic heterocycles. The standard InChI is InChI=1S/C18H23BrFN/c1-21-17(15-7-14(19)2-3-16(15)20)18-8-11-4-12(9-18)6-13(5-11)10-18/h2-3,7,11-13,17,21H,4-6,8-10H2,1H3. The molecular weight excluding hydrogens is 329 g/mol. The predicted molar refractivity (Wildman–Crippen MR) is 86.5 cm³/mol. The first-order valence-electron chi connectivity index (χ1n) is 8.22. The Morgan fingerprint density at radius 2 is 1.71 bits per heavy atom. The summed E-state index contributed by atoms with van der Waals surface area (Å²) in [4.78, 5) is 0. The fourth-order valence-corrected chi connectivity index (χ4v) is 6.44. The van der Waals surface area contributed by atoms with Crippen molar-refractivity contribution in [3.05, 3.63) is 34.1 Å². The summed E-state index contributed by atoms with van der Waals surface area (Å²) in [5, 5.41) is 3.48. The molecule has 1 atom stereocenters. The van der Waals surface area contributed by atoms with Crippen molar-refractivity contribution >= 4 is 15.9 Å². The summed E-state index contributed by atoms with van der Waals surface area (Å²) in [6.07, 6.45) is 8.15. The quantitative estimate of drug-likeness (QED) is 0.801. The van der Waals surface area contributed by atoms with Crippen LogP contribution >= 0.6 is 15.9 Å². The van der Waals surface area contributed by atoms with E-state index < -0.39 is 0 Å². The van der Waals surface area contributed by atoms with Crippen molar-refractivity contribution in [2.45, 2.75) is 44.6 Å². The van der Waals surface area contributed by atoms with Crippen molar-refractivity contribution in [2.24, 2.45) is 23.2 Å². The van der Waals surface area contributed by atoms with E-state index in [4.69, 9.17) is 0 Å². The van der Waals surface area contributed by atoms with Gasteiger partial charge in [-0.05, 0) is 86.9 Å². The minimum Gasteiger partial charge on any atom is -0.312 e. The number of halogens is 2. The maximum Gasteiger partial charge on any atom is 0.128 e. The number of hydrogen-bond acceptors (Lipinski definition) is 1. The van der Waals surface area contributed by atoms with Gasteiger partial charge in [-0.15, -0.1) is 0 Å². The summed E-state index contributed by atoms with van der Waals surface area (Å²) in [5.74, 6) is 2.61. The lowest BCUT2D eigenvalue weighted by molar-refractivity contribution is -0.0741. The van der Waals surface area contributed by atoms with Crippen molar-refractivity contribution in [1.82, 2.24) is 5.32 Å². The van der Waals surface area contributed by atoms with E-state index in [9.17, 15) is 4.39 Å². The summed E-state index contributed by atoms with van der Waals surface area (Å²) in [6.45, 7) is 0. The molecule has 1 aromatic rings. The molecule has 5 rings (SSSR count). The highest BCUT2D eigenvalue weighted by Gasteiger charge is 2.54. The van der Waals surface area contributed by atoms with E-state index in [0.29, 0.717) is 0 Å². The summed E-state index contributed by atoms with van der Waals surface area (Å²) >= 11 is 3.51. The Kier molecular flexibility index (Phi) is 3.42. The highest BCUT2D eigenvalue weighted by Crippen LogP contribution is 2.64. The van der Waals surface area contributed by atoms with E-state index in [1.165, 1.54) is 38.5 Å². The Hall–Kier alpha value is -0.410. The lowest BCUT2D eigenvalue weighted by Gasteiger charge is -2.59. The van der Waals surface area contributed by atoms with Crippen molar-refractivity contribution in [3.8, 4) is 0 Å². The van der Waals surface area contributed by atoms with E-state index in [1.807, 2.05) is 13.1 Å². The summed E-state index contributed by atoms with van der Waals surface area (Å²) < 4.78 is 15.4. The summed E-state index contributed by atoms with van der Waals surface area (Å²) in [5.41, 5.74) is 1.14. The lowest BCUT2D eigenvalue weighted by atomic mass is 9.47. The first-order valence-corrected chi connectivity index (χ1v) is 9.01. The Bertz CT molecular complexity index is 521. The predicted octanol–water partition coefficient (Wildman–Crippen LogP) is 5.07. The maximum absolute atomic E-state index is 14.4. The van der Waals surface area contributed by atoms with Crippen molar-refractivity contribution < 1.29 is 4.39 Å². The van der Waals surface area contributed by atoms with Gasteiger partial charge in [0.15, 0.2) is 0 Å². The van der Waals surface area contributed by atoms with E-state index >= 15 is 0 Å². The zero-order valence-electron chi connectivity index (χ0n) is 12.5. The molecule has 114 valence electrons. The number of nitrogens with one attached hydrogen (secondary N) is 1. The van der Waals surface area contributed by atoms with Gasteiger partial charge in [0.1, 0.15) is 5.82 Å². The average molecular weight is 352 g/mol. The van der Waals surface area contributed by atoms with Crippen molar-refractivity contribution in [3.63, 3.8) is 0 Å². The van der Waals surface area contributed by atoms with Crippen LogP contribution in [0.4, 0.5) is 4.39 Å². The fourth-order valence-electron chi connectivity index (χ4n) is 6.06. The molecule has 4 saturated carbocycles. The van der Waals surface area contributed by atoms with E-state index in [-0.39, 0.29) is 17.3 Å². The van der Waals surface area contributed by atoms with E-state index in [2.05, 4.69) is 21.2 Å². The Labute approximate surface area is 134 Å². The monoisotopic (exact) mass is 351 g/mol. The van der Waals surface area contributed by atoms with E-state index in [1.54, 1.807) is 12.1 Å². The molecule has 0 aromatic heterocycles. The zero-order valence-corrected chi connectivity index (χ0v) is 14.1. The van der Waals surface area contributed by atoms with E-state index in [0.717, 1.165) is 27.8 Å². The molecular formula is C18H23BrFN. The van der Waals surface area contributed by atoms with Gasteiger partial charge >= 0.3 is 0 Å². The molecule has 21 heavy (non-hydrogen) atoms. The third-order valence-corrected chi connectivity index (χ3v) is 6.75. The number of hydrogen-bond donors (Lipinski definition) is 1. The van der Waals surface area contributed by atoms with Crippen LogP contribution in [0.1, 0.15) is 50.1 Å². The average Bonchev–Trinajstić information content (AvgIpc) is 2.41. The zero-order chi connectivity index (χ0) is 14.6. The molecule has 1 nitrogen and oxygen atoms in total. The summed E-state index contributed by atoms with van der Waals surface area (Å²) in [7, 11) is 2.00. The van der Waals surface area contributed by atoms with Crippen LogP contribution in [0.15, 0.2) is 22.7 Å². The van der Waals surface area contributed by atoms with Gasteiger partial charge in [0.05, 0.1) is 0 Å². The largest absolute Gasteiger partial charge is 0.312 e. The third-order valence-electron chi connectivity index (χ3n) is 6.26. The molecule has 1 unspecified atom stereocenters. The molecule has 0 saturated heterocycles. The van der Waals surface area contributed by atoms with Gasteiger partial charge < -0.3 is 5.32 Å². The van der Waals surface area contributed by atoms with Crippen molar-refractivity contribution in [2.75, 3.05) is 7.05 Å². The van der Waals surface area contributed by atoms with Crippen LogP contribution in [0, 0.1) is 29.0 Å². The second-order valence-corrected chi connectivity index (χ2v) is 8.58. The maximum atomic E-state index is 14.4. The Morgan fingerprint density at radius 1 is 1.14 bits per heavy atom. The van der Waals surface area contributed by atoms with Gasteiger partial charge in [0, 0.05) is 16.1 Å². The molecule has 1 N–H and O–H groups in total. The second-order valence-electron chi connectivity index (χ2n) is 7.67. The van der Waals surface area contributed by atoms with Crippen LogP contribution in [-0.4, -0.2) is 7.05 Å². The van der Waals surface area contributed by atoms with Crippen LogP contribution in [0.2, 0.25) is 0 Å². The molecule has 3 heteroatoms. The number of benzene rings is 1. The van der Waals surface area contributed by atoms with Gasteiger partial charge in [-0.2, -0.15) is 0 Å². The third kappa shape index (κ3) is 2.28. The van der Waals surface area contributed by atoms with Gasteiger partial charge in [-0.3, -0.25) is 0 Å². The van der Waals surface area contributed by atoms with Crippen LogP contribution in [-0.2, 0) is 0 Å². The highest BCUT2D eigenvalue weighted by atomic mass is 79.9. The lowest BCUT2D eigenvalue weighted by Crippen LogP contribution is -2.51. The van der Waals surface area contributed by atoms with Gasteiger partial charge in [0.25, 0.3) is 0 Å². The van der Waals surface area contributed by atoms with Gasteiger partial charge in [-0.25, -0.2) is 4.39 Å². The molecule has 0 amide bonds. The first kappa shape index (κ1) is 14.2. The van der Waals surface area contributed by atoms with Crippen molar-refractivity contribution in [1.29, 1.82) is 0 Å². The minimum atomic E-state index is -0.0618. The van der Waals surface area contributed by atoms with Crippen LogP contribution in [0.3, 0.4) is 0 Å². The second kappa shape index (κ2) is 5.06. The molecule has 4 aliphatic rings. The fraction of sp³-hybridized carbons (Fsp3) is 0.667. The SMILES string of the molecule is CNC(c1cc(Br)ccc1F)C12CC3CC(CC(C3)C1)C2. The summed E-state index contributed by atoms with van der Waals surface area (Å²) in [6, 6.07) is 5.54. The smallest absolute Gasteiger partial charge is 0.128 e. The molecule has 1 aromatic carbocycles. The topological polar surface area (TPSA) is 12.0 Å². The van der Waals surface area contributed by atoms with Crippen LogP contribution in [0.25, 0.3) is 0 Å². The minimum absolute atomic E-state index is 0.0618. The Balaban J connectivity index is 1.74.